The Labute approximate surface area is 184 Å². The molecule has 9 heteroatoms. The molecule has 0 saturated heterocycles. The van der Waals surface area contributed by atoms with Crippen LogP contribution in [0.1, 0.15) is 21.6 Å². The van der Waals surface area contributed by atoms with Crippen molar-refractivity contribution in [1.29, 1.82) is 5.41 Å². The fourth-order valence-corrected chi connectivity index (χ4v) is 4.12. The van der Waals surface area contributed by atoms with Crippen LogP contribution in [-0.4, -0.2) is 21.7 Å². The second-order valence-corrected chi connectivity index (χ2v) is 7.42. The number of halogens is 1. The van der Waals surface area contributed by atoms with Crippen LogP contribution >= 0.6 is 0 Å². The molecule has 0 atom stereocenters. The van der Waals surface area contributed by atoms with Gasteiger partial charge in [0.2, 0.25) is 0 Å². The number of rotatable bonds is 5. The van der Waals surface area contributed by atoms with Crippen molar-refractivity contribution in [2.24, 2.45) is 5.18 Å². The van der Waals surface area contributed by atoms with E-state index in [9.17, 15) is 18.9 Å². The topological polar surface area (TPSA) is 121 Å². The molecule has 5 aromatic rings. The number of carbonyl (C=O) groups excluding carboxylic acids is 1. The summed E-state index contributed by atoms with van der Waals surface area (Å²) in [5.74, 6) is -1.67. The molecule has 0 unspecified atom stereocenters. The van der Waals surface area contributed by atoms with Gasteiger partial charge in [-0.1, -0.05) is 24.3 Å². The number of furan rings is 1. The van der Waals surface area contributed by atoms with Crippen LogP contribution in [0.15, 0.2) is 75.4 Å². The minimum Gasteiger partial charge on any atom is -0.463 e. The lowest BCUT2D eigenvalue weighted by Gasteiger charge is -2.10. The molecule has 33 heavy (non-hydrogen) atoms. The Morgan fingerprint density at radius 3 is 2.70 bits per heavy atom. The van der Waals surface area contributed by atoms with Gasteiger partial charge in [0, 0.05) is 29.7 Å². The Hall–Kier alpha value is -4.66. The van der Waals surface area contributed by atoms with Crippen molar-refractivity contribution in [3.05, 3.63) is 98.9 Å². The van der Waals surface area contributed by atoms with E-state index in [1.807, 2.05) is 0 Å². The van der Waals surface area contributed by atoms with E-state index < -0.39 is 17.3 Å². The van der Waals surface area contributed by atoms with Crippen LogP contribution in [-0.2, 0) is 6.54 Å². The molecule has 0 saturated carbocycles. The molecular weight excluding hydrogens is 427 g/mol. The number of nitroso groups, excluding NO2 is 1. The molecule has 3 aromatic heterocycles. The average Bonchev–Trinajstić information content (AvgIpc) is 3.43. The van der Waals surface area contributed by atoms with Gasteiger partial charge in [0.15, 0.2) is 0 Å². The van der Waals surface area contributed by atoms with Crippen LogP contribution in [0, 0.1) is 16.1 Å². The zero-order valence-electron chi connectivity index (χ0n) is 17.0. The number of nitrogens with one attached hydrogen (secondary N) is 2. The number of fused-ring (bicyclic) bond motifs is 3. The number of hydrogen-bond donors (Lipinski definition) is 2. The van der Waals surface area contributed by atoms with Gasteiger partial charge in [0.05, 0.1) is 28.1 Å². The first-order valence-corrected chi connectivity index (χ1v) is 9.90. The average molecular weight is 442 g/mol. The Morgan fingerprint density at radius 1 is 1.21 bits per heavy atom. The highest BCUT2D eigenvalue weighted by atomic mass is 19.1. The number of aromatic nitrogens is 2. The SMILES string of the molecule is N=Cc1ccc(Cn2c(C(=O)N=O)c(-c3ccc[nH]c3=O)c3c4occc4c(F)cc32)cc1. The maximum Gasteiger partial charge on any atom is 0.333 e. The number of pyridine rings is 1. The van der Waals surface area contributed by atoms with Gasteiger partial charge in [-0.2, -0.15) is 0 Å². The quantitative estimate of drug-likeness (QED) is 0.299. The number of carbonyl (C=O) groups is 1. The number of hydrogen-bond acceptors (Lipinski definition) is 5. The summed E-state index contributed by atoms with van der Waals surface area (Å²) < 4.78 is 22.0. The van der Waals surface area contributed by atoms with Crippen molar-refractivity contribution in [3.63, 3.8) is 0 Å². The molecule has 0 bridgehead atoms. The number of aromatic amines is 1. The normalized spacial score (nSPS) is 11.2. The number of amides is 1. The molecule has 162 valence electrons. The fourth-order valence-electron chi connectivity index (χ4n) is 4.12. The molecule has 2 N–H and O–H groups in total. The molecule has 1 amide bonds. The third-order valence-electron chi connectivity index (χ3n) is 5.58. The van der Waals surface area contributed by atoms with Crippen LogP contribution < -0.4 is 5.56 Å². The van der Waals surface area contributed by atoms with Crippen LogP contribution in [0.25, 0.3) is 33.0 Å². The molecule has 0 fully saturated rings. The second-order valence-electron chi connectivity index (χ2n) is 7.42. The third-order valence-corrected chi connectivity index (χ3v) is 5.58. The zero-order chi connectivity index (χ0) is 23.1. The van der Waals surface area contributed by atoms with Crippen LogP contribution in [0.3, 0.4) is 0 Å². The molecular formula is C24H15FN4O4. The molecule has 0 aliphatic heterocycles. The van der Waals surface area contributed by atoms with Gasteiger partial charge < -0.3 is 19.4 Å². The van der Waals surface area contributed by atoms with E-state index in [2.05, 4.69) is 10.2 Å². The first kappa shape index (κ1) is 20.3. The van der Waals surface area contributed by atoms with Crippen molar-refractivity contribution >= 4 is 34.0 Å². The Morgan fingerprint density at radius 2 is 2.00 bits per heavy atom. The van der Waals surface area contributed by atoms with Gasteiger partial charge in [0.25, 0.3) is 5.56 Å². The minimum atomic E-state index is -1.10. The van der Waals surface area contributed by atoms with E-state index >= 15 is 0 Å². The first-order valence-electron chi connectivity index (χ1n) is 9.90. The molecule has 0 spiro atoms. The monoisotopic (exact) mass is 442 g/mol. The molecule has 0 aliphatic carbocycles. The lowest BCUT2D eigenvalue weighted by atomic mass is 10.0. The van der Waals surface area contributed by atoms with E-state index in [1.165, 1.54) is 41.4 Å². The van der Waals surface area contributed by atoms with E-state index in [0.717, 1.165) is 5.56 Å². The highest BCUT2D eigenvalue weighted by Gasteiger charge is 2.29. The lowest BCUT2D eigenvalue weighted by molar-refractivity contribution is 0.0993. The maximum absolute atomic E-state index is 14.9. The van der Waals surface area contributed by atoms with Gasteiger partial charge in [-0.15, -0.1) is 4.91 Å². The second kappa shape index (κ2) is 7.79. The first-order chi connectivity index (χ1) is 16.0. The van der Waals surface area contributed by atoms with Crippen LogP contribution in [0.2, 0.25) is 0 Å². The Balaban J connectivity index is 1.93. The summed E-state index contributed by atoms with van der Waals surface area (Å²) in [4.78, 5) is 39.4. The smallest absolute Gasteiger partial charge is 0.333 e. The summed E-state index contributed by atoms with van der Waals surface area (Å²) in [6.45, 7) is 0.0851. The van der Waals surface area contributed by atoms with Crippen molar-refractivity contribution in [2.45, 2.75) is 6.54 Å². The number of nitrogens with zero attached hydrogens (tertiary/aromatic N) is 2. The van der Waals surface area contributed by atoms with E-state index in [-0.39, 0.29) is 39.9 Å². The zero-order valence-corrected chi connectivity index (χ0v) is 17.0. The van der Waals surface area contributed by atoms with E-state index in [4.69, 9.17) is 9.83 Å². The maximum atomic E-state index is 14.9. The molecule has 0 radical (unpaired) electrons. The summed E-state index contributed by atoms with van der Waals surface area (Å²) in [6, 6.07) is 12.8. The molecule has 8 nitrogen and oxygen atoms in total. The summed E-state index contributed by atoms with van der Waals surface area (Å²) >= 11 is 0. The van der Waals surface area contributed by atoms with Gasteiger partial charge >= 0.3 is 5.91 Å². The lowest BCUT2D eigenvalue weighted by Crippen LogP contribution is -2.12. The molecule has 3 heterocycles. The minimum absolute atomic E-state index is 0.0851. The predicted molar refractivity (Wildman–Crippen MR) is 121 cm³/mol. The highest BCUT2D eigenvalue weighted by molar-refractivity contribution is 6.18. The standard InChI is InChI=1S/C24H15FN4O4/c25-17-10-18-20(22-15(17)7-9-33-22)19(16-2-1-8-27-23(16)30)21(24(31)28-32)29(18)12-14-5-3-13(11-26)4-6-14/h1-11,26H,12H2,(H,27,30). The summed E-state index contributed by atoms with van der Waals surface area (Å²) in [6.07, 6.45) is 3.96. The summed E-state index contributed by atoms with van der Waals surface area (Å²) in [7, 11) is 0. The largest absolute Gasteiger partial charge is 0.463 e. The van der Waals surface area contributed by atoms with Crippen LogP contribution in [0.5, 0.6) is 0 Å². The van der Waals surface area contributed by atoms with Gasteiger partial charge in [-0.25, -0.2) is 4.39 Å². The predicted octanol–water partition coefficient (Wildman–Crippen LogP) is 4.83. The molecule has 0 aliphatic rings. The van der Waals surface area contributed by atoms with Crippen molar-refractivity contribution in [2.75, 3.05) is 0 Å². The van der Waals surface area contributed by atoms with Crippen molar-refractivity contribution in [3.8, 4) is 11.1 Å². The van der Waals surface area contributed by atoms with Gasteiger partial charge in [-0.05, 0) is 35.4 Å². The van der Waals surface area contributed by atoms with E-state index in [1.54, 1.807) is 30.3 Å². The number of H-pyrrole nitrogens is 1. The van der Waals surface area contributed by atoms with Crippen molar-refractivity contribution in [1.82, 2.24) is 9.55 Å². The number of benzene rings is 2. The highest BCUT2D eigenvalue weighted by Crippen LogP contribution is 2.40. The van der Waals surface area contributed by atoms with Gasteiger partial charge in [-0.3, -0.25) is 9.59 Å². The van der Waals surface area contributed by atoms with E-state index in [0.29, 0.717) is 10.9 Å². The van der Waals surface area contributed by atoms with Gasteiger partial charge in [0.1, 0.15) is 17.1 Å². The van der Waals surface area contributed by atoms with Crippen molar-refractivity contribution < 1.29 is 13.6 Å². The summed E-state index contributed by atoms with van der Waals surface area (Å²) in [5, 5.41) is 10.5. The molecule has 5 rings (SSSR count). The summed E-state index contributed by atoms with van der Waals surface area (Å²) in [5.41, 5.74) is 1.47. The Bertz CT molecular complexity index is 1630. The third kappa shape index (κ3) is 3.18. The van der Waals surface area contributed by atoms with Crippen LogP contribution in [0.4, 0.5) is 4.39 Å². The Kier molecular flexibility index (Phi) is 4.78. The fraction of sp³-hybridized carbons (Fsp3) is 0.0417. The molecule has 2 aromatic carbocycles.